The van der Waals surface area contributed by atoms with Crippen molar-refractivity contribution >= 4 is 0 Å². The van der Waals surface area contributed by atoms with Gasteiger partial charge < -0.3 is 9.47 Å². The maximum Gasteiger partial charge on any atom is 0.155 e. The summed E-state index contributed by atoms with van der Waals surface area (Å²) >= 11 is 0. The zero-order valence-corrected chi connectivity index (χ0v) is 15.6. The third-order valence-corrected chi connectivity index (χ3v) is 3.98. The fourth-order valence-corrected chi connectivity index (χ4v) is 2.46. The van der Waals surface area contributed by atoms with Gasteiger partial charge >= 0.3 is 0 Å². The maximum atomic E-state index is 6.00. The molecule has 0 aliphatic heterocycles. The highest BCUT2D eigenvalue weighted by molar-refractivity contribution is 5.01. The first-order valence-electron chi connectivity index (χ1n) is 8.61. The Morgan fingerprint density at radius 2 is 1.08 bits per heavy atom. The quantitative estimate of drug-likeness (QED) is 0.220. The van der Waals surface area contributed by atoms with E-state index in [2.05, 4.69) is 52.3 Å². The highest BCUT2D eigenvalue weighted by Crippen LogP contribution is 2.20. The van der Waals surface area contributed by atoms with Crippen molar-refractivity contribution in [3.8, 4) is 0 Å². The van der Waals surface area contributed by atoms with Crippen molar-refractivity contribution in [1.29, 1.82) is 0 Å². The van der Waals surface area contributed by atoms with Crippen molar-refractivity contribution in [2.75, 3.05) is 0 Å². The van der Waals surface area contributed by atoms with Gasteiger partial charge in [-0.2, -0.15) is 0 Å². The lowest BCUT2D eigenvalue weighted by molar-refractivity contribution is -0.190. The number of hydrogen-bond donors (Lipinski definition) is 0. The Kier molecular flexibility index (Phi) is 12.8. The molecule has 0 aromatic rings. The molecule has 0 heterocycles. The molecule has 134 valence electrons. The smallest absolute Gasteiger partial charge is 0.155 e. The zero-order chi connectivity index (χ0) is 18.4. The minimum atomic E-state index is -0.285. The molecule has 0 fully saturated rings. The molecule has 0 radical (unpaired) electrons. The van der Waals surface area contributed by atoms with Crippen LogP contribution in [0.25, 0.3) is 0 Å². The topological polar surface area (TPSA) is 18.5 Å². The largest absolute Gasteiger partial charge is 0.349 e. The van der Waals surface area contributed by atoms with E-state index in [0.717, 1.165) is 12.8 Å². The van der Waals surface area contributed by atoms with Crippen molar-refractivity contribution in [3.63, 3.8) is 0 Å². The maximum absolute atomic E-state index is 6.00. The normalized spacial score (nSPS) is 18.0. The van der Waals surface area contributed by atoms with Crippen LogP contribution in [0.15, 0.2) is 74.9 Å². The van der Waals surface area contributed by atoms with E-state index in [0.29, 0.717) is 0 Å². The number of hydrogen-bond acceptors (Lipinski definition) is 2. The van der Waals surface area contributed by atoms with Gasteiger partial charge in [-0.3, -0.25) is 0 Å². The molecule has 0 aliphatic rings. The summed E-state index contributed by atoms with van der Waals surface area (Å²) in [6.07, 6.45) is 17.0. The van der Waals surface area contributed by atoms with Gasteiger partial charge in [-0.15, -0.1) is 13.2 Å². The van der Waals surface area contributed by atoms with E-state index in [1.165, 1.54) is 0 Å². The number of ether oxygens (including phenoxy) is 2. The SMILES string of the molecule is C=CC=CCC(C=C)C(C)OC(C)OC(C)C(C=C)CC=CC=C. The molecule has 4 unspecified atom stereocenters. The van der Waals surface area contributed by atoms with Gasteiger partial charge in [-0.1, -0.05) is 61.8 Å². The third-order valence-electron chi connectivity index (χ3n) is 3.98. The second-order valence-electron chi connectivity index (χ2n) is 5.85. The zero-order valence-electron chi connectivity index (χ0n) is 15.6. The average Bonchev–Trinajstić information content (AvgIpc) is 2.55. The van der Waals surface area contributed by atoms with E-state index < -0.39 is 0 Å². The Morgan fingerprint density at radius 3 is 1.38 bits per heavy atom. The summed E-state index contributed by atoms with van der Waals surface area (Å²) in [5.74, 6) is 0.488. The van der Waals surface area contributed by atoms with Gasteiger partial charge in [0, 0.05) is 11.8 Å². The van der Waals surface area contributed by atoms with E-state index >= 15 is 0 Å². The first kappa shape index (κ1) is 22.4. The lowest BCUT2D eigenvalue weighted by Crippen LogP contribution is -2.30. The van der Waals surface area contributed by atoms with Gasteiger partial charge in [-0.05, 0) is 33.6 Å². The molecule has 2 heteroatoms. The highest BCUT2D eigenvalue weighted by Gasteiger charge is 2.20. The van der Waals surface area contributed by atoms with Crippen LogP contribution < -0.4 is 0 Å². The summed E-state index contributed by atoms with van der Waals surface area (Å²) < 4.78 is 12.0. The summed E-state index contributed by atoms with van der Waals surface area (Å²) in [6.45, 7) is 21.2. The summed E-state index contributed by atoms with van der Waals surface area (Å²) in [5.41, 5.74) is 0. The van der Waals surface area contributed by atoms with Crippen molar-refractivity contribution in [3.05, 3.63) is 74.9 Å². The van der Waals surface area contributed by atoms with Crippen LogP contribution in [0.4, 0.5) is 0 Å². The molecule has 24 heavy (non-hydrogen) atoms. The molecule has 4 atom stereocenters. The molecule has 0 bridgehead atoms. The van der Waals surface area contributed by atoms with Gasteiger partial charge in [0.2, 0.25) is 0 Å². The fraction of sp³-hybridized carbons (Fsp3) is 0.455. The van der Waals surface area contributed by atoms with E-state index in [-0.39, 0.29) is 30.3 Å². The molecular weight excluding hydrogens is 296 g/mol. The van der Waals surface area contributed by atoms with E-state index in [4.69, 9.17) is 9.47 Å². The average molecular weight is 331 g/mol. The van der Waals surface area contributed by atoms with Gasteiger partial charge in [-0.25, -0.2) is 0 Å². The fourth-order valence-electron chi connectivity index (χ4n) is 2.46. The highest BCUT2D eigenvalue weighted by atomic mass is 16.7. The van der Waals surface area contributed by atoms with Gasteiger partial charge in [0.1, 0.15) is 0 Å². The van der Waals surface area contributed by atoms with Crippen molar-refractivity contribution < 1.29 is 9.47 Å². The molecule has 0 spiro atoms. The van der Waals surface area contributed by atoms with Gasteiger partial charge in [0.25, 0.3) is 0 Å². The molecule has 0 aliphatic carbocycles. The Bertz CT molecular complexity index is 393. The molecule has 0 saturated heterocycles. The lowest BCUT2D eigenvalue weighted by atomic mass is 9.99. The van der Waals surface area contributed by atoms with Crippen molar-refractivity contribution in [2.24, 2.45) is 11.8 Å². The molecular formula is C22H34O2. The van der Waals surface area contributed by atoms with Crippen LogP contribution in [-0.2, 0) is 9.47 Å². The van der Waals surface area contributed by atoms with Crippen LogP contribution in [0.2, 0.25) is 0 Å². The monoisotopic (exact) mass is 330 g/mol. The number of allylic oxidation sites excluding steroid dienone is 6. The van der Waals surface area contributed by atoms with Crippen LogP contribution in [0.3, 0.4) is 0 Å². The summed E-state index contributed by atoms with van der Waals surface area (Å²) in [5, 5.41) is 0. The number of rotatable bonds is 14. The second kappa shape index (κ2) is 13.8. The molecule has 2 nitrogen and oxygen atoms in total. The van der Waals surface area contributed by atoms with E-state index in [9.17, 15) is 0 Å². The van der Waals surface area contributed by atoms with Gasteiger partial charge in [0.05, 0.1) is 12.2 Å². The summed E-state index contributed by atoms with van der Waals surface area (Å²) in [6, 6.07) is 0. The van der Waals surface area contributed by atoms with Crippen molar-refractivity contribution in [1.82, 2.24) is 0 Å². The van der Waals surface area contributed by atoms with Crippen LogP contribution in [-0.4, -0.2) is 18.5 Å². The van der Waals surface area contributed by atoms with E-state index in [1.54, 1.807) is 12.2 Å². The van der Waals surface area contributed by atoms with Crippen molar-refractivity contribution in [2.45, 2.75) is 52.1 Å². The predicted molar refractivity (Wildman–Crippen MR) is 106 cm³/mol. The minimum Gasteiger partial charge on any atom is -0.349 e. The predicted octanol–water partition coefficient (Wildman–Crippen LogP) is 6.01. The first-order chi connectivity index (χ1) is 11.5. The summed E-state index contributed by atoms with van der Waals surface area (Å²) in [7, 11) is 0. The Hall–Kier alpha value is -1.64. The van der Waals surface area contributed by atoms with E-state index in [1.807, 2.05) is 31.2 Å². The third kappa shape index (κ3) is 9.49. The molecule has 0 N–H and O–H groups in total. The van der Waals surface area contributed by atoms with Crippen LogP contribution in [0.1, 0.15) is 33.6 Å². The minimum absolute atomic E-state index is 0.0296. The van der Waals surface area contributed by atoms with Gasteiger partial charge in [0.15, 0.2) is 6.29 Å². The molecule has 0 aromatic carbocycles. The Morgan fingerprint density at radius 1 is 0.708 bits per heavy atom. The molecule has 0 amide bonds. The molecule has 0 aromatic heterocycles. The Balaban J connectivity index is 4.49. The Labute approximate surface area is 148 Å². The lowest BCUT2D eigenvalue weighted by Gasteiger charge is -2.28. The molecule has 0 rings (SSSR count). The first-order valence-corrected chi connectivity index (χ1v) is 8.61. The van der Waals surface area contributed by atoms with Crippen LogP contribution in [0, 0.1) is 11.8 Å². The van der Waals surface area contributed by atoms with Crippen LogP contribution in [0.5, 0.6) is 0 Å². The standard InChI is InChI=1S/C22H34O2/c1-8-12-14-16-21(10-3)18(5)23-20(7)24-19(6)22(11-4)17-15-13-9-2/h8-15,18-22H,1-4,16-17H2,5-7H3. The van der Waals surface area contributed by atoms with Crippen LogP contribution >= 0.6 is 0 Å². The second-order valence-corrected chi connectivity index (χ2v) is 5.85. The summed E-state index contributed by atoms with van der Waals surface area (Å²) in [4.78, 5) is 0. The molecule has 0 saturated carbocycles.